The lowest BCUT2D eigenvalue weighted by Gasteiger charge is -2.08. The molecule has 1 aromatic carbocycles. The molecule has 0 aliphatic rings. The molecular weight excluding hydrogens is 224 g/mol. The number of rotatable bonds is 7. The van der Waals surface area contributed by atoms with Crippen molar-refractivity contribution in [3.05, 3.63) is 28.8 Å². The minimum Gasteiger partial charge on any atom is -0.497 e. The highest BCUT2D eigenvalue weighted by molar-refractivity contribution is 6.31. The van der Waals surface area contributed by atoms with Crippen LogP contribution in [0.25, 0.3) is 0 Å². The molecule has 0 aliphatic heterocycles. The molecule has 0 fully saturated rings. The normalized spacial score (nSPS) is 10.4. The Balaban J connectivity index is 2.36. The Morgan fingerprint density at radius 2 is 2.19 bits per heavy atom. The first kappa shape index (κ1) is 13.3. The highest BCUT2D eigenvalue weighted by Gasteiger charge is 2.01. The molecule has 0 unspecified atom stereocenters. The van der Waals surface area contributed by atoms with E-state index in [4.69, 9.17) is 22.1 Å². The lowest BCUT2D eigenvalue weighted by molar-refractivity contribution is 0.414. The summed E-state index contributed by atoms with van der Waals surface area (Å²) in [4.78, 5) is 0. The number of nitrogens with two attached hydrogens (primary N) is 1. The fourth-order valence-electron chi connectivity index (χ4n) is 1.42. The average Bonchev–Trinajstić information content (AvgIpc) is 2.30. The fraction of sp³-hybridized carbons (Fsp3) is 0.500. The first-order valence-electron chi connectivity index (χ1n) is 5.51. The number of hydrogen-bond donors (Lipinski definition) is 2. The lowest BCUT2D eigenvalue weighted by atomic mass is 10.2. The van der Waals surface area contributed by atoms with Crippen LogP contribution in [0.3, 0.4) is 0 Å². The maximum absolute atomic E-state index is 6.11. The summed E-state index contributed by atoms with van der Waals surface area (Å²) in [5, 5.41) is 4.08. The molecule has 0 aliphatic carbocycles. The molecule has 1 rings (SSSR count). The third kappa shape index (κ3) is 4.39. The maximum Gasteiger partial charge on any atom is 0.120 e. The Morgan fingerprint density at radius 3 is 2.81 bits per heavy atom. The largest absolute Gasteiger partial charge is 0.497 e. The molecular formula is C12H19ClN2O. The molecule has 0 saturated carbocycles. The van der Waals surface area contributed by atoms with Crippen molar-refractivity contribution in [2.24, 2.45) is 5.73 Å². The van der Waals surface area contributed by atoms with Crippen LogP contribution < -0.4 is 15.8 Å². The van der Waals surface area contributed by atoms with Gasteiger partial charge in [0.15, 0.2) is 0 Å². The van der Waals surface area contributed by atoms with Crippen LogP contribution in [0.15, 0.2) is 18.2 Å². The molecule has 0 radical (unpaired) electrons. The number of benzene rings is 1. The standard InChI is InChI=1S/C12H19ClN2O/c1-16-11-5-4-10(12(13)8-11)9-15-7-3-2-6-14/h4-5,8,15H,2-3,6-7,9,14H2,1H3. The number of halogens is 1. The van der Waals surface area contributed by atoms with E-state index in [1.807, 2.05) is 18.2 Å². The Bertz CT molecular complexity index is 318. The van der Waals surface area contributed by atoms with Crippen molar-refractivity contribution in [2.75, 3.05) is 20.2 Å². The average molecular weight is 243 g/mol. The zero-order chi connectivity index (χ0) is 11.8. The van der Waals surface area contributed by atoms with Crippen molar-refractivity contribution in [3.8, 4) is 5.75 Å². The van der Waals surface area contributed by atoms with Gasteiger partial charge in [0, 0.05) is 11.6 Å². The predicted octanol–water partition coefficient (Wildman–Crippen LogP) is 2.18. The monoisotopic (exact) mass is 242 g/mol. The van der Waals surface area contributed by atoms with E-state index in [1.165, 1.54) is 0 Å². The van der Waals surface area contributed by atoms with Gasteiger partial charge < -0.3 is 15.8 Å². The summed E-state index contributed by atoms with van der Waals surface area (Å²) < 4.78 is 5.09. The molecule has 90 valence electrons. The summed E-state index contributed by atoms with van der Waals surface area (Å²) in [6, 6.07) is 5.73. The van der Waals surface area contributed by atoms with Crippen molar-refractivity contribution >= 4 is 11.6 Å². The minimum absolute atomic E-state index is 0.741. The second kappa shape index (κ2) is 7.49. The van der Waals surface area contributed by atoms with Crippen LogP contribution in [0.1, 0.15) is 18.4 Å². The molecule has 0 saturated heterocycles. The first-order valence-corrected chi connectivity index (χ1v) is 5.89. The van der Waals surface area contributed by atoms with Crippen LogP contribution >= 0.6 is 11.6 Å². The van der Waals surface area contributed by atoms with Gasteiger partial charge in [-0.25, -0.2) is 0 Å². The zero-order valence-corrected chi connectivity index (χ0v) is 10.4. The van der Waals surface area contributed by atoms with E-state index in [9.17, 15) is 0 Å². The quantitative estimate of drug-likeness (QED) is 0.721. The summed E-state index contributed by atoms with van der Waals surface area (Å²) in [5.41, 5.74) is 6.51. The van der Waals surface area contributed by atoms with Gasteiger partial charge in [-0.1, -0.05) is 17.7 Å². The molecule has 0 amide bonds. The smallest absolute Gasteiger partial charge is 0.120 e. The summed E-state index contributed by atoms with van der Waals surface area (Å²) >= 11 is 6.11. The SMILES string of the molecule is COc1ccc(CNCCCCN)c(Cl)c1. The summed E-state index contributed by atoms with van der Waals surface area (Å²) in [6.45, 7) is 2.51. The van der Waals surface area contributed by atoms with E-state index in [2.05, 4.69) is 5.32 Å². The van der Waals surface area contributed by atoms with Crippen LogP contribution in [0.2, 0.25) is 5.02 Å². The Morgan fingerprint density at radius 1 is 1.38 bits per heavy atom. The van der Waals surface area contributed by atoms with E-state index < -0.39 is 0 Å². The van der Waals surface area contributed by atoms with Gasteiger partial charge in [-0.15, -0.1) is 0 Å². The molecule has 0 bridgehead atoms. The Kier molecular flexibility index (Phi) is 6.23. The van der Waals surface area contributed by atoms with Gasteiger partial charge >= 0.3 is 0 Å². The van der Waals surface area contributed by atoms with Crippen LogP contribution in [-0.2, 0) is 6.54 Å². The van der Waals surface area contributed by atoms with Gasteiger partial charge in [-0.05, 0) is 43.6 Å². The lowest BCUT2D eigenvalue weighted by Crippen LogP contribution is -2.16. The molecule has 0 atom stereocenters. The highest BCUT2D eigenvalue weighted by Crippen LogP contribution is 2.22. The van der Waals surface area contributed by atoms with Crippen molar-refractivity contribution in [1.82, 2.24) is 5.32 Å². The van der Waals surface area contributed by atoms with Crippen LogP contribution in [-0.4, -0.2) is 20.2 Å². The molecule has 16 heavy (non-hydrogen) atoms. The third-order valence-electron chi connectivity index (χ3n) is 2.38. The Labute approximate surface area is 102 Å². The first-order chi connectivity index (χ1) is 7.77. The van der Waals surface area contributed by atoms with Crippen molar-refractivity contribution in [1.29, 1.82) is 0 Å². The van der Waals surface area contributed by atoms with Crippen LogP contribution in [0, 0.1) is 0 Å². The second-order valence-electron chi connectivity index (χ2n) is 3.63. The van der Waals surface area contributed by atoms with Crippen LogP contribution in [0.5, 0.6) is 5.75 Å². The topological polar surface area (TPSA) is 47.3 Å². The van der Waals surface area contributed by atoms with Gasteiger partial charge in [0.25, 0.3) is 0 Å². The van der Waals surface area contributed by atoms with E-state index in [1.54, 1.807) is 7.11 Å². The predicted molar refractivity (Wildman–Crippen MR) is 68.0 cm³/mol. The van der Waals surface area contributed by atoms with Crippen LogP contribution in [0.4, 0.5) is 0 Å². The third-order valence-corrected chi connectivity index (χ3v) is 2.74. The van der Waals surface area contributed by atoms with Gasteiger partial charge in [0.05, 0.1) is 7.11 Å². The Hall–Kier alpha value is -0.770. The van der Waals surface area contributed by atoms with Gasteiger partial charge in [0.2, 0.25) is 0 Å². The highest BCUT2D eigenvalue weighted by atomic mass is 35.5. The number of methoxy groups -OCH3 is 1. The van der Waals surface area contributed by atoms with Crippen molar-refractivity contribution in [3.63, 3.8) is 0 Å². The van der Waals surface area contributed by atoms with Gasteiger partial charge in [0.1, 0.15) is 5.75 Å². The number of hydrogen-bond acceptors (Lipinski definition) is 3. The second-order valence-corrected chi connectivity index (χ2v) is 4.04. The molecule has 0 heterocycles. The van der Waals surface area contributed by atoms with Crippen molar-refractivity contribution < 1.29 is 4.74 Å². The summed E-state index contributed by atoms with van der Waals surface area (Å²) in [7, 11) is 1.64. The fourth-order valence-corrected chi connectivity index (χ4v) is 1.65. The van der Waals surface area contributed by atoms with E-state index >= 15 is 0 Å². The molecule has 3 nitrogen and oxygen atoms in total. The number of unbranched alkanes of at least 4 members (excludes halogenated alkanes) is 1. The zero-order valence-electron chi connectivity index (χ0n) is 9.63. The van der Waals surface area contributed by atoms with Crippen molar-refractivity contribution in [2.45, 2.75) is 19.4 Å². The number of ether oxygens (including phenoxy) is 1. The molecule has 3 N–H and O–H groups in total. The summed E-state index contributed by atoms with van der Waals surface area (Å²) in [5.74, 6) is 0.789. The van der Waals surface area contributed by atoms with Gasteiger partial charge in [-0.2, -0.15) is 0 Å². The van der Waals surface area contributed by atoms with Gasteiger partial charge in [-0.3, -0.25) is 0 Å². The molecule has 0 spiro atoms. The molecule has 0 aromatic heterocycles. The summed E-state index contributed by atoms with van der Waals surface area (Å²) in [6.07, 6.45) is 2.16. The van der Waals surface area contributed by atoms with E-state index in [-0.39, 0.29) is 0 Å². The molecule has 4 heteroatoms. The van der Waals surface area contributed by atoms with E-state index in [0.29, 0.717) is 0 Å². The minimum atomic E-state index is 0.741. The maximum atomic E-state index is 6.11. The number of nitrogens with one attached hydrogen (secondary N) is 1. The van der Waals surface area contributed by atoms with E-state index in [0.717, 1.165) is 48.8 Å². The molecule has 1 aromatic rings.